The molecule has 0 heterocycles. The molecule has 0 fully saturated rings. The normalized spacial score (nSPS) is 10.1. The Morgan fingerprint density at radius 1 is 0.593 bits per heavy atom. The third-order valence-electron chi connectivity index (χ3n) is 3.89. The second-order valence-corrected chi connectivity index (χ2v) is 6.35. The number of amides is 2. The molecule has 0 saturated heterocycles. The molecule has 0 saturated carbocycles. The molecule has 27 heavy (non-hydrogen) atoms. The zero-order chi connectivity index (χ0) is 19.2. The lowest BCUT2D eigenvalue weighted by Crippen LogP contribution is -2.29. The van der Waals surface area contributed by atoms with E-state index in [1.807, 2.05) is 74.5 Å². The number of anilines is 4. The van der Waals surface area contributed by atoms with E-state index in [4.69, 9.17) is 0 Å². The van der Waals surface area contributed by atoms with E-state index in [1.165, 1.54) is 0 Å². The molecule has 2 amide bonds. The van der Waals surface area contributed by atoms with Crippen molar-refractivity contribution in [3.05, 3.63) is 83.9 Å². The number of hydrogen-bond donors (Lipinski definition) is 3. The number of aryl methyl sites for hydroxylation is 2. The van der Waals surface area contributed by atoms with E-state index in [-0.39, 0.29) is 0 Å². The summed E-state index contributed by atoms with van der Waals surface area (Å²) in [5.41, 5.74) is 5.06. The number of nitrogens with one attached hydrogen (secondary N) is 3. The zero-order valence-corrected chi connectivity index (χ0v) is 15.2. The van der Waals surface area contributed by atoms with E-state index in [0.29, 0.717) is 11.4 Å². The predicted octanol–water partition coefficient (Wildman–Crippen LogP) is 4.62. The van der Waals surface area contributed by atoms with E-state index in [2.05, 4.69) is 16.0 Å². The maximum Gasteiger partial charge on any atom is 0.314 e. The van der Waals surface area contributed by atoms with Gasteiger partial charge in [0.25, 0.3) is 0 Å². The molecule has 0 atom stereocenters. The molecule has 3 aromatic carbocycles. The summed E-state index contributed by atoms with van der Waals surface area (Å²) in [6.45, 7) is 3.88. The van der Waals surface area contributed by atoms with Crippen molar-refractivity contribution in [3.63, 3.8) is 0 Å². The molecule has 0 aliphatic rings. The van der Waals surface area contributed by atoms with Gasteiger partial charge in [-0.25, -0.2) is 0 Å². The Morgan fingerprint density at radius 3 is 1.67 bits per heavy atom. The highest BCUT2D eigenvalue weighted by atomic mass is 16.2. The molecule has 3 N–H and O–H groups in total. The molecule has 0 aliphatic carbocycles. The minimum atomic E-state index is -0.710. The third-order valence-corrected chi connectivity index (χ3v) is 3.89. The Hall–Kier alpha value is -3.60. The Kier molecular flexibility index (Phi) is 5.52. The lowest BCUT2D eigenvalue weighted by molar-refractivity contribution is -0.132. The highest BCUT2D eigenvalue weighted by Gasteiger charge is 2.14. The van der Waals surface area contributed by atoms with Crippen LogP contribution in [-0.2, 0) is 9.59 Å². The highest BCUT2D eigenvalue weighted by molar-refractivity contribution is 6.43. The zero-order valence-electron chi connectivity index (χ0n) is 15.2. The Balaban J connectivity index is 1.59. The van der Waals surface area contributed by atoms with Crippen LogP contribution in [0.25, 0.3) is 0 Å². The summed E-state index contributed by atoms with van der Waals surface area (Å²) < 4.78 is 0. The molecule has 5 nitrogen and oxygen atoms in total. The average molecular weight is 359 g/mol. The largest absolute Gasteiger partial charge is 0.356 e. The SMILES string of the molecule is Cc1cc(C)cc(NC(=O)C(=O)Nc2ccc(Nc3ccccc3)cc2)c1. The van der Waals surface area contributed by atoms with Gasteiger partial charge < -0.3 is 16.0 Å². The first-order valence-electron chi connectivity index (χ1n) is 8.62. The van der Waals surface area contributed by atoms with Crippen LogP contribution in [0.15, 0.2) is 72.8 Å². The Labute approximate surface area is 158 Å². The van der Waals surface area contributed by atoms with Gasteiger partial charge in [0.05, 0.1) is 0 Å². The first-order chi connectivity index (χ1) is 13.0. The van der Waals surface area contributed by atoms with Crippen LogP contribution in [0.1, 0.15) is 11.1 Å². The standard InChI is InChI=1S/C22H21N3O2/c1-15-12-16(2)14-20(13-15)25-22(27)21(26)24-19-10-8-18(9-11-19)23-17-6-4-3-5-7-17/h3-14,23H,1-2H3,(H,24,26)(H,25,27). The molecule has 5 heteroatoms. The van der Waals surface area contributed by atoms with Crippen LogP contribution in [0.5, 0.6) is 0 Å². The van der Waals surface area contributed by atoms with Crippen molar-refractivity contribution in [2.45, 2.75) is 13.8 Å². The van der Waals surface area contributed by atoms with Crippen LogP contribution >= 0.6 is 0 Å². The van der Waals surface area contributed by atoms with Crippen LogP contribution in [-0.4, -0.2) is 11.8 Å². The molecule has 0 aliphatic heterocycles. The van der Waals surface area contributed by atoms with Gasteiger partial charge >= 0.3 is 11.8 Å². The van der Waals surface area contributed by atoms with Crippen molar-refractivity contribution in [1.82, 2.24) is 0 Å². The van der Waals surface area contributed by atoms with Crippen molar-refractivity contribution in [3.8, 4) is 0 Å². The second kappa shape index (κ2) is 8.19. The summed E-state index contributed by atoms with van der Waals surface area (Å²) in [4.78, 5) is 24.2. The minimum Gasteiger partial charge on any atom is -0.356 e. The van der Waals surface area contributed by atoms with Crippen LogP contribution in [0, 0.1) is 13.8 Å². The summed E-state index contributed by atoms with van der Waals surface area (Å²) in [6, 6.07) is 22.6. The van der Waals surface area contributed by atoms with Crippen molar-refractivity contribution in [2.75, 3.05) is 16.0 Å². The first-order valence-corrected chi connectivity index (χ1v) is 8.62. The number of para-hydroxylation sites is 1. The van der Waals surface area contributed by atoms with E-state index in [1.54, 1.807) is 12.1 Å². The molecule has 3 rings (SSSR count). The molecule has 3 aromatic rings. The number of hydrogen-bond acceptors (Lipinski definition) is 3. The number of rotatable bonds is 4. The van der Waals surface area contributed by atoms with E-state index >= 15 is 0 Å². The molecule has 0 bridgehead atoms. The quantitative estimate of drug-likeness (QED) is 0.595. The topological polar surface area (TPSA) is 70.2 Å². The van der Waals surface area contributed by atoms with Gasteiger partial charge in [-0.15, -0.1) is 0 Å². The molecule has 0 aromatic heterocycles. The van der Waals surface area contributed by atoms with Crippen LogP contribution in [0.2, 0.25) is 0 Å². The van der Waals surface area contributed by atoms with E-state index in [9.17, 15) is 9.59 Å². The fraction of sp³-hybridized carbons (Fsp3) is 0.0909. The Bertz CT molecular complexity index is 931. The van der Waals surface area contributed by atoms with Crippen LogP contribution in [0.4, 0.5) is 22.7 Å². The molecule has 0 radical (unpaired) electrons. The lowest BCUT2D eigenvalue weighted by atomic mass is 10.1. The van der Waals surface area contributed by atoms with Gasteiger partial charge in [0, 0.05) is 22.7 Å². The molecule has 136 valence electrons. The fourth-order valence-electron chi connectivity index (χ4n) is 2.75. The summed E-state index contributed by atoms with van der Waals surface area (Å²) in [5, 5.41) is 8.49. The summed E-state index contributed by atoms with van der Waals surface area (Å²) in [7, 11) is 0. The molecule has 0 spiro atoms. The first kappa shape index (κ1) is 18.2. The summed E-state index contributed by atoms with van der Waals surface area (Å²) in [5.74, 6) is -1.41. The fourth-order valence-corrected chi connectivity index (χ4v) is 2.75. The van der Waals surface area contributed by atoms with Gasteiger partial charge in [-0.2, -0.15) is 0 Å². The molecular weight excluding hydrogens is 338 g/mol. The monoisotopic (exact) mass is 359 g/mol. The van der Waals surface area contributed by atoms with Crippen molar-refractivity contribution in [2.24, 2.45) is 0 Å². The third kappa shape index (κ3) is 5.19. The van der Waals surface area contributed by atoms with Crippen molar-refractivity contribution < 1.29 is 9.59 Å². The highest BCUT2D eigenvalue weighted by Crippen LogP contribution is 2.19. The maximum absolute atomic E-state index is 12.1. The van der Waals surface area contributed by atoms with Gasteiger partial charge in [-0.1, -0.05) is 24.3 Å². The van der Waals surface area contributed by atoms with Crippen LogP contribution in [0.3, 0.4) is 0 Å². The van der Waals surface area contributed by atoms with Gasteiger partial charge in [0.2, 0.25) is 0 Å². The molecular formula is C22H21N3O2. The van der Waals surface area contributed by atoms with Gasteiger partial charge in [0.15, 0.2) is 0 Å². The van der Waals surface area contributed by atoms with Crippen molar-refractivity contribution >= 4 is 34.6 Å². The average Bonchev–Trinajstić information content (AvgIpc) is 2.63. The minimum absolute atomic E-state index is 0.550. The van der Waals surface area contributed by atoms with Gasteiger partial charge in [-0.3, -0.25) is 9.59 Å². The van der Waals surface area contributed by atoms with Gasteiger partial charge in [0.1, 0.15) is 0 Å². The van der Waals surface area contributed by atoms with Crippen LogP contribution < -0.4 is 16.0 Å². The lowest BCUT2D eigenvalue weighted by Gasteiger charge is -2.10. The summed E-state index contributed by atoms with van der Waals surface area (Å²) in [6.07, 6.45) is 0. The van der Waals surface area contributed by atoms with Gasteiger partial charge in [-0.05, 0) is 73.5 Å². The summed E-state index contributed by atoms with van der Waals surface area (Å²) >= 11 is 0. The second-order valence-electron chi connectivity index (χ2n) is 6.35. The number of carbonyl (C=O) groups excluding carboxylic acids is 2. The number of carbonyl (C=O) groups is 2. The Morgan fingerprint density at radius 2 is 1.07 bits per heavy atom. The van der Waals surface area contributed by atoms with E-state index in [0.717, 1.165) is 22.5 Å². The maximum atomic E-state index is 12.1. The van der Waals surface area contributed by atoms with Crippen molar-refractivity contribution in [1.29, 1.82) is 0 Å². The number of benzene rings is 3. The molecule has 0 unspecified atom stereocenters. The van der Waals surface area contributed by atoms with E-state index < -0.39 is 11.8 Å². The smallest absolute Gasteiger partial charge is 0.314 e. The predicted molar refractivity (Wildman–Crippen MR) is 109 cm³/mol.